The van der Waals surface area contributed by atoms with Crippen molar-refractivity contribution in [2.24, 2.45) is 5.92 Å². The zero-order chi connectivity index (χ0) is 20.2. The highest BCUT2D eigenvalue weighted by Gasteiger charge is 2.31. The van der Waals surface area contributed by atoms with Gasteiger partial charge in [0.1, 0.15) is 5.52 Å². The zero-order valence-corrected chi connectivity index (χ0v) is 17.1. The van der Waals surface area contributed by atoms with Crippen molar-refractivity contribution in [2.75, 3.05) is 19.6 Å². The molecule has 0 spiro atoms. The van der Waals surface area contributed by atoms with Crippen molar-refractivity contribution < 1.29 is 9.59 Å². The Kier molecular flexibility index (Phi) is 6.06. The van der Waals surface area contributed by atoms with Crippen LogP contribution in [-0.4, -0.2) is 56.1 Å². The average Bonchev–Trinajstić information content (AvgIpc) is 3.46. The van der Waals surface area contributed by atoms with E-state index in [2.05, 4.69) is 15.3 Å². The predicted octanol–water partition coefficient (Wildman–Crippen LogP) is 2.25. The topological polar surface area (TPSA) is 93.0 Å². The van der Waals surface area contributed by atoms with Gasteiger partial charge in [-0.15, -0.1) is 0 Å². The highest BCUT2D eigenvalue weighted by atomic mass is 16.2. The quantitative estimate of drug-likeness (QED) is 0.772. The van der Waals surface area contributed by atoms with Crippen LogP contribution in [0.15, 0.2) is 12.4 Å². The summed E-state index contributed by atoms with van der Waals surface area (Å²) in [6.45, 7) is 4.04. The molecular formula is C21H30N6O2. The van der Waals surface area contributed by atoms with Gasteiger partial charge in [0.25, 0.3) is 0 Å². The van der Waals surface area contributed by atoms with Gasteiger partial charge in [0.2, 0.25) is 11.8 Å². The van der Waals surface area contributed by atoms with Crippen LogP contribution in [0.4, 0.5) is 0 Å². The number of fused-ring (bicyclic) bond motifs is 1. The Balaban J connectivity index is 1.41. The first-order chi connectivity index (χ1) is 14.1. The maximum atomic E-state index is 12.7. The largest absolute Gasteiger partial charge is 0.354 e. The number of nitrogens with one attached hydrogen (secondary N) is 1. The second-order valence-electron chi connectivity index (χ2n) is 8.33. The number of carbonyl (C=O) groups is 2. The van der Waals surface area contributed by atoms with Crippen LogP contribution in [0, 0.1) is 5.92 Å². The standard InChI is InChI=1S/C21H30N6O2/c1-15(28)22-11-13-27-21-20(23-9-10-24-21)19(25-27)17-8-12-26(14-17)18(29)7-6-16-4-2-3-5-16/h9-10,16-17H,2-8,11-14H2,1H3,(H,22,28). The van der Waals surface area contributed by atoms with Crippen molar-refractivity contribution in [1.82, 2.24) is 30.0 Å². The van der Waals surface area contributed by atoms with Gasteiger partial charge >= 0.3 is 0 Å². The van der Waals surface area contributed by atoms with Crippen LogP contribution in [-0.2, 0) is 16.1 Å². The third-order valence-electron chi connectivity index (χ3n) is 6.26. The van der Waals surface area contributed by atoms with Gasteiger partial charge in [0, 0.05) is 51.3 Å². The smallest absolute Gasteiger partial charge is 0.222 e. The van der Waals surface area contributed by atoms with Gasteiger partial charge < -0.3 is 10.2 Å². The first kappa shape index (κ1) is 19.8. The first-order valence-electron chi connectivity index (χ1n) is 10.8. The van der Waals surface area contributed by atoms with E-state index in [1.54, 1.807) is 12.4 Å². The summed E-state index contributed by atoms with van der Waals surface area (Å²) in [5.74, 6) is 1.15. The van der Waals surface area contributed by atoms with E-state index >= 15 is 0 Å². The normalized spacial score (nSPS) is 19.9. The lowest BCUT2D eigenvalue weighted by Gasteiger charge is -2.17. The molecule has 0 bridgehead atoms. The SMILES string of the molecule is CC(=O)NCCn1nc(C2CCN(C(=O)CCC3CCCC3)C2)c2nccnc21. The van der Waals surface area contributed by atoms with Crippen molar-refractivity contribution in [3.05, 3.63) is 18.1 Å². The van der Waals surface area contributed by atoms with E-state index in [-0.39, 0.29) is 17.7 Å². The van der Waals surface area contributed by atoms with Crippen molar-refractivity contribution in [1.29, 1.82) is 0 Å². The van der Waals surface area contributed by atoms with Crippen LogP contribution < -0.4 is 5.32 Å². The Bertz CT molecular complexity index is 873. The number of nitrogens with zero attached hydrogens (tertiary/aromatic N) is 5. The number of hydrogen-bond donors (Lipinski definition) is 1. The van der Waals surface area contributed by atoms with Crippen LogP contribution in [0.25, 0.3) is 11.2 Å². The summed E-state index contributed by atoms with van der Waals surface area (Å²) in [4.78, 5) is 34.8. The van der Waals surface area contributed by atoms with Gasteiger partial charge in [0.15, 0.2) is 5.65 Å². The molecule has 2 amide bonds. The fraction of sp³-hybridized carbons (Fsp3) is 0.667. The third kappa shape index (κ3) is 4.57. The Morgan fingerprint density at radius 3 is 2.76 bits per heavy atom. The number of aromatic nitrogens is 4. The van der Waals surface area contributed by atoms with Crippen LogP contribution in [0.1, 0.15) is 63.5 Å². The maximum absolute atomic E-state index is 12.7. The number of carbonyl (C=O) groups excluding carboxylic acids is 2. The summed E-state index contributed by atoms with van der Waals surface area (Å²) < 4.78 is 1.82. The highest BCUT2D eigenvalue weighted by Crippen LogP contribution is 2.32. The first-order valence-corrected chi connectivity index (χ1v) is 10.8. The molecular weight excluding hydrogens is 368 g/mol. The summed E-state index contributed by atoms with van der Waals surface area (Å²) in [5.41, 5.74) is 2.46. The van der Waals surface area contributed by atoms with E-state index in [1.807, 2.05) is 9.58 Å². The van der Waals surface area contributed by atoms with Crippen molar-refractivity contribution in [3.8, 4) is 0 Å². The molecule has 1 aliphatic carbocycles. The van der Waals surface area contributed by atoms with Gasteiger partial charge in [-0.05, 0) is 18.8 Å². The molecule has 29 heavy (non-hydrogen) atoms. The fourth-order valence-corrected chi connectivity index (χ4v) is 4.69. The summed E-state index contributed by atoms with van der Waals surface area (Å²) in [6, 6.07) is 0. The molecule has 2 aromatic rings. The molecule has 0 radical (unpaired) electrons. The van der Waals surface area contributed by atoms with Gasteiger partial charge in [-0.25, -0.2) is 14.6 Å². The Morgan fingerprint density at radius 2 is 1.97 bits per heavy atom. The monoisotopic (exact) mass is 398 g/mol. The number of hydrogen-bond acceptors (Lipinski definition) is 5. The van der Waals surface area contributed by atoms with E-state index < -0.39 is 0 Å². The highest BCUT2D eigenvalue weighted by molar-refractivity contribution is 5.77. The molecule has 1 atom stereocenters. The van der Waals surface area contributed by atoms with E-state index in [9.17, 15) is 9.59 Å². The molecule has 0 aromatic carbocycles. The average molecular weight is 399 g/mol. The second kappa shape index (κ2) is 8.88. The number of likely N-dealkylation sites (tertiary alicyclic amines) is 1. The van der Waals surface area contributed by atoms with Crippen LogP contribution in [0.2, 0.25) is 0 Å². The summed E-state index contributed by atoms with van der Waals surface area (Å²) in [6.07, 6.45) is 11.2. The number of amides is 2. The van der Waals surface area contributed by atoms with Crippen molar-refractivity contribution in [3.63, 3.8) is 0 Å². The lowest BCUT2D eigenvalue weighted by atomic mass is 10.0. The molecule has 156 valence electrons. The van der Waals surface area contributed by atoms with Crippen molar-refractivity contribution >= 4 is 23.0 Å². The number of rotatable bonds is 7. The molecule has 8 heteroatoms. The molecule has 1 saturated carbocycles. The summed E-state index contributed by atoms with van der Waals surface area (Å²) in [5, 5.41) is 7.57. The van der Waals surface area contributed by atoms with Crippen LogP contribution in [0.5, 0.6) is 0 Å². The van der Waals surface area contributed by atoms with Crippen LogP contribution in [0.3, 0.4) is 0 Å². The Morgan fingerprint density at radius 1 is 1.17 bits per heavy atom. The van der Waals surface area contributed by atoms with E-state index in [0.717, 1.165) is 42.2 Å². The van der Waals surface area contributed by atoms with Gasteiger partial charge in [-0.1, -0.05) is 25.7 Å². The molecule has 3 heterocycles. The Labute approximate surface area is 171 Å². The minimum atomic E-state index is -0.0599. The molecule has 2 fully saturated rings. The minimum absolute atomic E-state index is 0.0599. The minimum Gasteiger partial charge on any atom is -0.354 e. The predicted molar refractivity (Wildman–Crippen MR) is 109 cm³/mol. The zero-order valence-electron chi connectivity index (χ0n) is 17.1. The molecule has 4 rings (SSSR count). The molecule has 2 aliphatic rings. The van der Waals surface area contributed by atoms with E-state index in [0.29, 0.717) is 26.1 Å². The molecule has 1 saturated heterocycles. The fourth-order valence-electron chi connectivity index (χ4n) is 4.69. The van der Waals surface area contributed by atoms with Crippen LogP contribution >= 0.6 is 0 Å². The van der Waals surface area contributed by atoms with Crippen molar-refractivity contribution in [2.45, 2.75) is 64.3 Å². The molecule has 1 N–H and O–H groups in total. The van der Waals surface area contributed by atoms with E-state index in [4.69, 9.17) is 5.10 Å². The molecule has 8 nitrogen and oxygen atoms in total. The molecule has 2 aromatic heterocycles. The van der Waals surface area contributed by atoms with E-state index in [1.165, 1.54) is 32.6 Å². The van der Waals surface area contributed by atoms with Gasteiger partial charge in [0.05, 0.1) is 12.2 Å². The lowest BCUT2D eigenvalue weighted by molar-refractivity contribution is -0.130. The lowest BCUT2D eigenvalue weighted by Crippen LogP contribution is -2.28. The molecule has 1 unspecified atom stereocenters. The maximum Gasteiger partial charge on any atom is 0.222 e. The third-order valence-corrected chi connectivity index (χ3v) is 6.26. The Hall–Kier alpha value is -2.51. The van der Waals surface area contributed by atoms with Gasteiger partial charge in [-0.3, -0.25) is 9.59 Å². The molecule has 1 aliphatic heterocycles. The van der Waals surface area contributed by atoms with Gasteiger partial charge in [-0.2, -0.15) is 5.10 Å². The second-order valence-corrected chi connectivity index (χ2v) is 8.33. The summed E-state index contributed by atoms with van der Waals surface area (Å²) in [7, 11) is 0. The summed E-state index contributed by atoms with van der Waals surface area (Å²) >= 11 is 0.